The van der Waals surface area contributed by atoms with E-state index < -0.39 is 11.4 Å². The van der Waals surface area contributed by atoms with Crippen molar-refractivity contribution in [2.45, 2.75) is 34.2 Å². The van der Waals surface area contributed by atoms with E-state index in [1.165, 1.54) is 17.5 Å². The van der Waals surface area contributed by atoms with E-state index in [2.05, 4.69) is 10.4 Å². The van der Waals surface area contributed by atoms with E-state index in [-0.39, 0.29) is 18.3 Å². The molecular weight excluding hydrogens is 414 g/mol. The van der Waals surface area contributed by atoms with Gasteiger partial charge in [-0.1, -0.05) is 39.0 Å². The second-order valence-electron chi connectivity index (χ2n) is 8.09. The molecule has 8 heteroatoms. The van der Waals surface area contributed by atoms with Crippen molar-refractivity contribution in [3.63, 3.8) is 0 Å². The normalized spacial score (nSPS) is 11.2. The molecule has 162 valence electrons. The van der Waals surface area contributed by atoms with Crippen LogP contribution in [0.2, 0.25) is 0 Å². The summed E-state index contributed by atoms with van der Waals surface area (Å²) in [7, 11) is 0. The first-order valence-electron chi connectivity index (χ1n) is 9.84. The second kappa shape index (κ2) is 9.26. The number of rotatable bonds is 7. The third-order valence-corrected chi connectivity index (χ3v) is 5.73. The highest BCUT2D eigenvalue weighted by Crippen LogP contribution is 2.19. The van der Waals surface area contributed by atoms with Crippen molar-refractivity contribution >= 4 is 29.0 Å². The molecule has 0 aliphatic carbocycles. The molecule has 0 unspecified atom stereocenters. The highest BCUT2D eigenvalue weighted by atomic mass is 32.1. The van der Waals surface area contributed by atoms with Gasteiger partial charge in [-0.2, -0.15) is 5.10 Å². The summed E-state index contributed by atoms with van der Waals surface area (Å²) in [5.74, 6) is -0.948. The molecule has 0 aliphatic rings. The maximum absolute atomic E-state index is 12.5. The second-order valence-corrected chi connectivity index (χ2v) is 9.26. The number of Topliss-reactive ketones (excluding diaryl/α,β-unsaturated/α-hetero) is 1. The Bertz CT molecular complexity index is 1090. The average molecular weight is 440 g/mol. The van der Waals surface area contributed by atoms with Gasteiger partial charge >= 0.3 is 5.97 Å². The van der Waals surface area contributed by atoms with Gasteiger partial charge in [0.05, 0.1) is 29.0 Å². The molecule has 0 bridgehead atoms. The predicted molar refractivity (Wildman–Crippen MR) is 119 cm³/mol. The van der Waals surface area contributed by atoms with E-state index in [0.717, 1.165) is 10.6 Å². The van der Waals surface area contributed by atoms with Crippen LogP contribution >= 0.6 is 11.3 Å². The molecule has 0 aliphatic heterocycles. The summed E-state index contributed by atoms with van der Waals surface area (Å²) in [6.07, 6.45) is 1.44. The number of benzene rings is 1. The van der Waals surface area contributed by atoms with Crippen LogP contribution in [0.1, 0.15) is 51.4 Å². The van der Waals surface area contributed by atoms with Crippen LogP contribution in [-0.4, -0.2) is 34.0 Å². The molecule has 3 rings (SSSR count). The fraction of sp³-hybridized carbons (Fsp3) is 0.304. The topological polar surface area (TPSA) is 90.3 Å². The number of nitrogens with zero attached hydrogens (tertiary/aromatic N) is 2. The first kappa shape index (κ1) is 22.4. The Morgan fingerprint density at radius 3 is 2.48 bits per heavy atom. The standard InChI is InChI=1S/C23H25N3O4S/c1-15-18(13-25-26(15)16-8-6-5-7-9-16)21(28)30-14-19(27)20-11-10-17(31-20)12-24-22(29)23(2,3)4/h5-11,13H,12,14H2,1-4H3,(H,24,29). The zero-order valence-electron chi connectivity index (χ0n) is 18.0. The Balaban J connectivity index is 1.57. The number of para-hydroxylation sites is 1. The highest BCUT2D eigenvalue weighted by Gasteiger charge is 2.21. The number of aromatic nitrogens is 2. The highest BCUT2D eigenvalue weighted by molar-refractivity contribution is 7.14. The fourth-order valence-electron chi connectivity index (χ4n) is 2.77. The van der Waals surface area contributed by atoms with Gasteiger partial charge in [0, 0.05) is 10.3 Å². The Morgan fingerprint density at radius 2 is 1.81 bits per heavy atom. The average Bonchev–Trinajstić information content (AvgIpc) is 3.36. The van der Waals surface area contributed by atoms with Gasteiger partial charge in [0.1, 0.15) is 5.56 Å². The van der Waals surface area contributed by atoms with Crippen molar-refractivity contribution in [2.75, 3.05) is 6.61 Å². The Hall–Kier alpha value is -3.26. The van der Waals surface area contributed by atoms with Gasteiger partial charge in [0.15, 0.2) is 6.61 Å². The fourth-order valence-corrected chi connectivity index (χ4v) is 3.65. The van der Waals surface area contributed by atoms with Gasteiger partial charge in [0.2, 0.25) is 11.7 Å². The molecule has 7 nitrogen and oxygen atoms in total. The zero-order valence-corrected chi connectivity index (χ0v) is 18.8. The zero-order chi connectivity index (χ0) is 22.6. The van der Waals surface area contributed by atoms with E-state index in [0.29, 0.717) is 22.7 Å². The molecule has 1 N–H and O–H groups in total. The van der Waals surface area contributed by atoms with Gasteiger partial charge < -0.3 is 10.1 Å². The molecule has 0 spiro atoms. The summed E-state index contributed by atoms with van der Waals surface area (Å²) in [6, 6.07) is 12.9. The summed E-state index contributed by atoms with van der Waals surface area (Å²) < 4.78 is 6.87. The lowest BCUT2D eigenvalue weighted by atomic mass is 9.96. The first-order chi connectivity index (χ1) is 14.7. The minimum Gasteiger partial charge on any atom is -0.454 e. The number of hydrogen-bond acceptors (Lipinski definition) is 6. The smallest absolute Gasteiger partial charge is 0.342 e. The quantitative estimate of drug-likeness (QED) is 0.445. The van der Waals surface area contributed by atoms with Crippen LogP contribution in [0.4, 0.5) is 0 Å². The number of amides is 1. The Kier molecular flexibility index (Phi) is 6.70. The molecule has 2 heterocycles. The monoisotopic (exact) mass is 439 g/mol. The van der Waals surface area contributed by atoms with Gasteiger partial charge in [0.25, 0.3) is 0 Å². The van der Waals surface area contributed by atoms with Crippen molar-refractivity contribution in [3.05, 3.63) is 69.7 Å². The minimum absolute atomic E-state index is 0.0610. The Morgan fingerprint density at radius 1 is 1.10 bits per heavy atom. The number of thiophene rings is 1. The summed E-state index contributed by atoms with van der Waals surface area (Å²) >= 11 is 1.27. The SMILES string of the molecule is Cc1c(C(=O)OCC(=O)c2ccc(CNC(=O)C(C)(C)C)s2)cnn1-c1ccccc1. The van der Waals surface area contributed by atoms with Crippen LogP contribution in [0.3, 0.4) is 0 Å². The van der Waals surface area contributed by atoms with E-state index >= 15 is 0 Å². The molecule has 0 radical (unpaired) electrons. The molecule has 1 aromatic carbocycles. The predicted octanol–water partition coefficient (Wildman–Crippen LogP) is 3.94. The van der Waals surface area contributed by atoms with Crippen LogP contribution in [0.15, 0.2) is 48.7 Å². The first-order valence-corrected chi connectivity index (χ1v) is 10.7. The summed E-state index contributed by atoms with van der Waals surface area (Å²) in [5.41, 5.74) is 1.31. The van der Waals surface area contributed by atoms with Crippen molar-refractivity contribution in [1.82, 2.24) is 15.1 Å². The van der Waals surface area contributed by atoms with Crippen molar-refractivity contribution < 1.29 is 19.1 Å². The van der Waals surface area contributed by atoms with Crippen LogP contribution < -0.4 is 5.32 Å². The lowest BCUT2D eigenvalue weighted by Gasteiger charge is -2.17. The molecule has 2 aromatic heterocycles. The van der Waals surface area contributed by atoms with E-state index in [1.807, 2.05) is 51.1 Å². The maximum Gasteiger partial charge on any atom is 0.342 e. The number of ketones is 1. The molecule has 1 amide bonds. The largest absolute Gasteiger partial charge is 0.454 e. The van der Waals surface area contributed by atoms with Crippen molar-refractivity contribution in [2.24, 2.45) is 5.41 Å². The molecule has 31 heavy (non-hydrogen) atoms. The van der Waals surface area contributed by atoms with Crippen LogP contribution in [0, 0.1) is 12.3 Å². The van der Waals surface area contributed by atoms with Crippen LogP contribution in [-0.2, 0) is 16.1 Å². The van der Waals surface area contributed by atoms with E-state index in [4.69, 9.17) is 4.74 Å². The number of ether oxygens (including phenoxy) is 1. The lowest BCUT2D eigenvalue weighted by Crippen LogP contribution is -2.34. The number of nitrogens with one attached hydrogen (secondary N) is 1. The third-order valence-electron chi connectivity index (χ3n) is 4.61. The van der Waals surface area contributed by atoms with Gasteiger partial charge in [-0.15, -0.1) is 11.3 Å². The number of hydrogen-bond donors (Lipinski definition) is 1. The Labute approximate surface area is 185 Å². The van der Waals surface area contributed by atoms with E-state index in [1.54, 1.807) is 23.7 Å². The number of carbonyl (C=O) groups is 3. The minimum atomic E-state index is -0.595. The van der Waals surface area contributed by atoms with Gasteiger partial charge in [-0.25, -0.2) is 9.48 Å². The van der Waals surface area contributed by atoms with Gasteiger partial charge in [-0.05, 0) is 31.2 Å². The lowest BCUT2D eigenvalue weighted by molar-refractivity contribution is -0.128. The molecule has 0 saturated carbocycles. The van der Waals surface area contributed by atoms with E-state index in [9.17, 15) is 14.4 Å². The summed E-state index contributed by atoms with van der Waals surface area (Å²) in [4.78, 5) is 38.2. The van der Waals surface area contributed by atoms with Crippen molar-refractivity contribution in [3.8, 4) is 5.69 Å². The molecular formula is C23H25N3O4S. The van der Waals surface area contributed by atoms with Gasteiger partial charge in [-0.3, -0.25) is 9.59 Å². The van der Waals surface area contributed by atoms with Crippen molar-refractivity contribution in [1.29, 1.82) is 0 Å². The third kappa shape index (κ3) is 5.46. The van der Waals surface area contributed by atoms with Crippen LogP contribution in [0.25, 0.3) is 5.69 Å². The molecule has 0 saturated heterocycles. The maximum atomic E-state index is 12.5. The molecule has 0 fully saturated rings. The summed E-state index contributed by atoms with van der Waals surface area (Å²) in [6.45, 7) is 7.28. The molecule has 0 atom stereocenters. The number of esters is 1. The summed E-state index contributed by atoms with van der Waals surface area (Å²) in [5, 5.41) is 7.10. The molecule has 3 aromatic rings. The van der Waals surface area contributed by atoms with Crippen LogP contribution in [0.5, 0.6) is 0 Å². The number of carbonyl (C=O) groups excluding carboxylic acids is 3.